The molecule has 1 unspecified atom stereocenters. The molecule has 3 aromatic rings. The quantitative estimate of drug-likeness (QED) is 0.603. The first-order valence-corrected chi connectivity index (χ1v) is 10.9. The minimum atomic E-state index is -0.122. The first-order chi connectivity index (χ1) is 15.0. The molecule has 9 heteroatoms. The third-order valence-corrected chi connectivity index (χ3v) is 6.01. The van der Waals surface area contributed by atoms with Gasteiger partial charge in [-0.25, -0.2) is 19.9 Å². The molecule has 4 rings (SSSR count). The van der Waals surface area contributed by atoms with Crippen molar-refractivity contribution in [1.29, 1.82) is 0 Å². The number of halogens is 2. The standard InChI is InChI=1S/C22H22Cl2N6O/c1-14-5-3-10-30(18(14)13-29-22-27-11-15(23)12-28-22)21(31)19-16(6-2-7-17(19)24)20-25-8-4-9-26-20/h2,4,6-9,11-12,14,18H,3,5,10,13H2,1H3,(H,27,28,29)/t14-,18?/m1/s1. The molecule has 1 amide bonds. The number of aromatic nitrogens is 4. The maximum absolute atomic E-state index is 13.7. The van der Waals surface area contributed by atoms with E-state index in [1.54, 1.807) is 43.0 Å². The Labute approximate surface area is 190 Å². The second-order valence-electron chi connectivity index (χ2n) is 7.53. The van der Waals surface area contributed by atoms with Gasteiger partial charge < -0.3 is 10.2 Å². The molecular formula is C22H22Cl2N6O. The minimum absolute atomic E-state index is 0.0404. The van der Waals surface area contributed by atoms with Gasteiger partial charge in [-0.2, -0.15) is 0 Å². The van der Waals surface area contributed by atoms with Gasteiger partial charge in [0.1, 0.15) is 0 Å². The molecule has 0 bridgehead atoms. The molecule has 0 aliphatic carbocycles. The van der Waals surface area contributed by atoms with E-state index in [0.717, 1.165) is 12.8 Å². The van der Waals surface area contributed by atoms with Crippen LogP contribution in [0.3, 0.4) is 0 Å². The zero-order valence-electron chi connectivity index (χ0n) is 17.0. The van der Waals surface area contributed by atoms with Crippen LogP contribution >= 0.6 is 23.2 Å². The molecule has 1 N–H and O–H groups in total. The van der Waals surface area contributed by atoms with Gasteiger partial charge in [-0.3, -0.25) is 4.79 Å². The molecule has 160 valence electrons. The van der Waals surface area contributed by atoms with Gasteiger partial charge in [-0.05, 0) is 30.9 Å². The lowest BCUT2D eigenvalue weighted by Gasteiger charge is -2.40. The Balaban J connectivity index is 1.62. The molecule has 3 heterocycles. The van der Waals surface area contributed by atoms with Crippen molar-refractivity contribution in [2.24, 2.45) is 5.92 Å². The van der Waals surface area contributed by atoms with Crippen molar-refractivity contribution in [1.82, 2.24) is 24.8 Å². The Bertz CT molecular complexity index is 1050. The molecule has 2 aromatic heterocycles. The Morgan fingerprint density at radius 1 is 1.13 bits per heavy atom. The maximum atomic E-state index is 13.7. The van der Waals surface area contributed by atoms with Crippen LogP contribution in [0.1, 0.15) is 30.1 Å². The number of hydrogen-bond acceptors (Lipinski definition) is 6. The van der Waals surface area contributed by atoms with Crippen molar-refractivity contribution in [3.8, 4) is 11.4 Å². The third kappa shape index (κ3) is 4.78. The van der Waals surface area contributed by atoms with Gasteiger partial charge in [0, 0.05) is 31.0 Å². The second-order valence-corrected chi connectivity index (χ2v) is 8.37. The molecule has 1 fully saturated rings. The molecule has 31 heavy (non-hydrogen) atoms. The van der Waals surface area contributed by atoms with E-state index in [4.69, 9.17) is 23.2 Å². The number of carbonyl (C=O) groups is 1. The van der Waals surface area contributed by atoms with Crippen LogP contribution in [-0.4, -0.2) is 49.9 Å². The van der Waals surface area contributed by atoms with Crippen LogP contribution in [0, 0.1) is 5.92 Å². The number of carbonyl (C=O) groups excluding carboxylic acids is 1. The average Bonchev–Trinajstić information content (AvgIpc) is 2.79. The topological polar surface area (TPSA) is 83.9 Å². The fraction of sp³-hybridized carbons (Fsp3) is 0.318. The first-order valence-electron chi connectivity index (χ1n) is 10.1. The summed E-state index contributed by atoms with van der Waals surface area (Å²) in [4.78, 5) is 32.6. The molecule has 1 aromatic carbocycles. The number of nitrogens with zero attached hydrogens (tertiary/aromatic N) is 5. The van der Waals surface area contributed by atoms with Crippen molar-refractivity contribution < 1.29 is 4.79 Å². The first kappa shape index (κ1) is 21.5. The highest BCUT2D eigenvalue weighted by molar-refractivity contribution is 6.34. The molecule has 1 aliphatic heterocycles. The van der Waals surface area contributed by atoms with Crippen molar-refractivity contribution >= 4 is 35.1 Å². The van der Waals surface area contributed by atoms with Gasteiger partial charge in [0.05, 0.1) is 34.0 Å². The monoisotopic (exact) mass is 456 g/mol. The molecular weight excluding hydrogens is 435 g/mol. The van der Waals surface area contributed by atoms with E-state index >= 15 is 0 Å². The van der Waals surface area contributed by atoms with Crippen molar-refractivity contribution in [2.45, 2.75) is 25.8 Å². The summed E-state index contributed by atoms with van der Waals surface area (Å²) in [5.74, 6) is 1.13. The van der Waals surface area contributed by atoms with Crippen LogP contribution in [0.2, 0.25) is 10.0 Å². The SMILES string of the molecule is C[C@@H]1CCCN(C(=O)c2c(Cl)cccc2-c2ncccn2)C1CNc1ncc(Cl)cn1. The Morgan fingerprint density at radius 2 is 1.87 bits per heavy atom. The summed E-state index contributed by atoms with van der Waals surface area (Å²) < 4.78 is 0. The van der Waals surface area contributed by atoms with E-state index in [-0.39, 0.29) is 11.9 Å². The lowest BCUT2D eigenvalue weighted by molar-refractivity contribution is 0.0541. The van der Waals surface area contributed by atoms with Crippen molar-refractivity contribution in [3.63, 3.8) is 0 Å². The molecule has 2 atom stereocenters. The number of benzene rings is 1. The molecule has 0 spiro atoms. The van der Waals surface area contributed by atoms with Crippen LogP contribution in [0.4, 0.5) is 5.95 Å². The summed E-state index contributed by atoms with van der Waals surface area (Å²) in [6.07, 6.45) is 8.36. The highest BCUT2D eigenvalue weighted by Gasteiger charge is 2.34. The molecule has 7 nitrogen and oxygen atoms in total. The highest BCUT2D eigenvalue weighted by atomic mass is 35.5. The number of piperidine rings is 1. The molecule has 0 saturated carbocycles. The van der Waals surface area contributed by atoms with Gasteiger partial charge in [0.2, 0.25) is 5.95 Å². The smallest absolute Gasteiger partial charge is 0.256 e. The maximum Gasteiger partial charge on any atom is 0.256 e. The van der Waals surface area contributed by atoms with Gasteiger partial charge >= 0.3 is 0 Å². The van der Waals surface area contributed by atoms with Gasteiger partial charge in [-0.1, -0.05) is 42.3 Å². The Morgan fingerprint density at radius 3 is 2.61 bits per heavy atom. The summed E-state index contributed by atoms with van der Waals surface area (Å²) >= 11 is 12.4. The number of amides is 1. The summed E-state index contributed by atoms with van der Waals surface area (Å²) in [6.45, 7) is 3.33. The number of anilines is 1. The van der Waals surface area contributed by atoms with Crippen LogP contribution in [0.5, 0.6) is 0 Å². The minimum Gasteiger partial charge on any atom is -0.352 e. The van der Waals surface area contributed by atoms with Crippen LogP contribution in [-0.2, 0) is 0 Å². The Kier molecular flexibility index (Phi) is 6.63. The zero-order valence-corrected chi connectivity index (χ0v) is 18.5. The van der Waals surface area contributed by atoms with Crippen LogP contribution in [0.15, 0.2) is 49.1 Å². The van der Waals surface area contributed by atoms with E-state index < -0.39 is 0 Å². The van der Waals surface area contributed by atoms with Gasteiger partial charge in [-0.15, -0.1) is 0 Å². The summed E-state index contributed by atoms with van der Waals surface area (Å²) in [7, 11) is 0. The Hall–Kier alpha value is -2.77. The van der Waals surface area contributed by atoms with Crippen LogP contribution < -0.4 is 5.32 Å². The largest absolute Gasteiger partial charge is 0.352 e. The average molecular weight is 457 g/mol. The summed E-state index contributed by atoms with van der Waals surface area (Å²) in [5.41, 5.74) is 1.06. The number of rotatable bonds is 5. The summed E-state index contributed by atoms with van der Waals surface area (Å²) in [5, 5.41) is 4.10. The van der Waals surface area contributed by atoms with E-state index in [0.29, 0.717) is 52.0 Å². The number of hydrogen-bond donors (Lipinski definition) is 1. The third-order valence-electron chi connectivity index (χ3n) is 5.50. The van der Waals surface area contributed by atoms with E-state index in [2.05, 4.69) is 32.2 Å². The van der Waals surface area contributed by atoms with Gasteiger partial charge in [0.15, 0.2) is 5.82 Å². The normalized spacial score (nSPS) is 18.6. The molecule has 0 radical (unpaired) electrons. The summed E-state index contributed by atoms with van der Waals surface area (Å²) in [6, 6.07) is 7.06. The predicted octanol–water partition coefficient (Wildman–Crippen LogP) is 4.59. The van der Waals surface area contributed by atoms with Crippen molar-refractivity contribution in [3.05, 3.63) is 64.7 Å². The second kappa shape index (κ2) is 9.58. The molecule has 1 saturated heterocycles. The van der Waals surface area contributed by atoms with E-state index in [9.17, 15) is 4.79 Å². The predicted molar refractivity (Wildman–Crippen MR) is 121 cm³/mol. The van der Waals surface area contributed by atoms with Crippen molar-refractivity contribution in [2.75, 3.05) is 18.4 Å². The number of likely N-dealkylation sites (tertiary alicyclic amines) is 1. The van der Waals surface area contributed by atoms with Gasteiger partial charge in [0.25, 0.3) is 5.91 Å². The highest BCUT2D eigenvalue weighted by Crippen LogP contribution is 2.32. The fourth-order valence-electron chi connectivity index (χ4n) is 3.92. The zero-order chi connectivity index (χ0) is 21.8. The van der Waals surface area contributed by atoms with E-state index in [1.165, 1.54) is 0 Å². The lowest BCUT2D eigenvalue weighted by Crippen LogP contribution is -2.51. The van der Waals surface area contributed by atoms with Crippen LogP contribution in [0.25, 0.3) is 11.4 Å². The molecule has 1 aliphatic rings. The lowest BCUT2D eigenvalue weighted by atomic mass is 9.89. The fourth-order valence-corrected chi connectivity index (χ4v) is 4.27. The van der Waals surface area contributed by atoms with E-state index in [1.807, 2.05) is 11.0 Å². The number of nitrogens with one attached hydrogen (secondary N) is 1.